The molecule has 0 spiro atoms. The van der Waals surface area contributed by atoms with E-state index in [1.807, 2.05) is 32.0 Å². The zero-order chi connectivity index (χ0) is 35.5. The third-order valence-electron chi connectivity index (χ3n) is 8.65. The summed E-state index contributed by atoms with van der Waals surface area (Å²) in [5, 5.41) is 7.14. The van der Waals surface area contributed by atoms with Crippen LogP contribution >= 0.6 is 0 Å². The number of oxazole rings is 1. The second kappa shape index (κ2) is 12.2. The van der Waals surface area contributed by atoms with Crippen LogP contribution in [-0.2, 0) is 10.0 Å². The number of ether oxygens (including phenoxy) is 1. The summed E-state index contributed by atoms with van der Waals surface area (Å²) in [7, 11) is 0.709. The number of sulfonamides is 1. The van der Waals surface area contributed by atoms with Crippen molar-refractivity contribution in [3.05, 3.63) is 95.6 Å². The highest BCUT2D eigenvalue weighted by Crippen LogP contribution is 2.44. The molecule has 3 heterocycles. The van der Waals surface area contributed by atoms with E-state index in [4.69, 9.17) is 23.1 Å². The van der Waals surface area contributed by atoms with Crippen molar-refractivity contribution < 1.29 is 35.7 Å². The summed E-state index contributed by atoms with van der Waals surface area (Å²) in [4.78, 5) is 18.1. The molecule has 0 aliphatic heterocycles. The van der Waals surface area contributed by atoms with Crippen molar-refractivity contribution in [3.63, 3.8) is 0 Å². The van der Waals surface area contributed by atoms with E-state index in [9.17, 15) is 17.6 Å². The summed E-state index contributed by atoms with van der Waals surface area (Å²) in [5.74, 6) is 0.768. The summed E-state index contributed by atoms with van der Waals surface area (Å²) < 4.78 is 64.3. The number of aryl methyl sites for hydroxylation is 2. The van der Waals surface area contributed by atoms with E-state index < -0.39 is 21.7 Å². The van der Waals surface area contributed by atoms with Gasteiger partial charge in [0.1, 0.15) is 34.2 Å². The Morgan fingerprint density at radius 3 is 2.28 bits per heavy atom. The molecule has 1 amide bonds. The Labute approximate surface area is 286 Å². The highest BCUT2D eigenvalue weighted by atomic mass is 32.2. The molecule has 1 N–H and O–H groups in total. The van der Waals surface area contributed by atoms with Gasteiger partial charge in [-0.2, -0.15) is 0 Å². The molecule has 7 rings (SSSR count). The van der Waals surface area contributed by atoms with Gasteiger partial charge in [0.15, 0.2) is 5.58 Å². The smallest absolute Gasteiger partial charge is 0.255 e. The van der Waals surface area contributed by atoms with Crippen molar-refractivity contribution in [2.75, 3.05) is 31.8 Å². The van der Waals surface area contributed by atoms with E-state index in [1.54, 1.807) is 30.3 Å². The number of hydrogen-bond acceptors (Lipinski definition) is 9. The first kappa shape index (κ1) is 32.6. The van der Waals surface area contributed by atoms with Crippen LogP contribution in [0.2, 0.25) is 0 Å². The van der Waals surface area contributed by atoms with Gasteiger partial charge in [-0.05, 0) is 79.6 Å². The van der Waals surface area contributed by atoms with Crippen LogP contribution in [0.4, 0.5) is 10.1 Å². The largest absolute Gasteiger partial charge is 0.496 e. The quantitative estimate of drug-likeness (QED) is 0.169. The van der Waals surface area contributed by atoms with Gasteiger partial charge in [-0.25, -0.2) is 17.8 Å². The molecule has 0 atom stereocenters. The van der Waals surface area contributed by atoms with Crippen LogP contribution in [0.25, 0.3) is 67.1 Å². The lowest BCUT2D eigenvalue weighted by Crippen LogP contribution is -2.25. The average Bonchev–Trinajstić information content (AvgIpc) is 3.80. The van der Waals surface area contributed by atoms with Gasteiger partial charge in [0.05, 0.1) is 35.9 Å². The SMILES string of the molecule is CNC(=O)c1c(-c2ccc(F)cc2)oc2cc(N(C)S(C)(=O)=O)c(-c3ccc(OC)c(-c4nc5ccc(-c6c(C)noc6C)cc5o4)c3)cc12. The van der Waals surface area contributed by atoms with E-state index in [1.165, 1.54) is 45.5 Å². The predicted molar refractivity (Wildman–Crippen MR) is 188 cm³/mol. The van der Waals surface area contributed by atoms with Crippen LogP contribution in [0.1, 0.15) is 21.8 Å². The Kier molecular flexibility index (Phi) is 7.94. The molecule has 0 saturated heterocycles. The molecule has 0 aliphatic carbocycles. The summed E-state index contributed by atoms with van der Waals surface area (Å²) in [5.41, 5.74) is 6.46. The Balaban J connectivity index is 1.44. The van der Waals surface area contributed by atoms with Crippen LogP contribution in [-0.4, -0.2) is 51.9 Å². The van der Waals surface area contributed by atoms with Gasteiger partial charge >= 0.3 is 0 Å². The minimum atomic E-state index is -3.75. The molecule has 254 valence electrons. The molecule has 0 bridgehead atoms. The molecule has 0 aliphatic rings. The van der Waals surface area contributed by atoms with Crippen molar-refractivity contribution in [1.29, 1.82) is 0 Å². The summed E-state index contributed by atoms with van der Waals surface area (Å²) in [6, 6.07) is 19.8. The van der Waals surface area contributed by atoms with Crippen molar-refractivity contribution in [3.8, 4) is 50.8 Å². The number of methoxy groups -OCH3 is 1. The Bertz CT molecular complexity index is 2550. The number of anilines is 1. The van der Waals surface area contributed by atoms with Crippen LogP contribution in [0.3, 0.4) is 0 Å². The summed E-state index contributed by atoms with van der Waals surface area (Å²) >= 11 is 0. The van der Waals surface area contributed by atoms with Crippen molar-refractivity contribution in [1.82, 2.24) is 15.5 Å². The standard InChI is InChI=1S/C37H31FN4O7S/c1-19-33(20(2)49-41-19)23-9-13-28-32(16-23)48-37(40-28)27-15-22(10-14-30(27)46-5)25-17-26-31(18-29(25)42(4)50(6,44)45)47-35(34(26)36(43)39-3)21-7-11-24(38)12-8-21/h7-18H,1-6H3,(H,39,43). The zero-order valence-corrected chi connectivity index (χ0v) is 28.7. The molecule has 7 aromatic rings. The van der Waals surface area contributed by atoms with Crippen LogP contribution < -0.4 is 14.4 Å². The van der Waals surface area contributed by atoms with E-state index in [2.05, 4.69) is 10.5 Å². The van der Waals surface area contributed by atoms with Gasteiger partial charge in [0, 0.05) is 42.2 Å². The average molecular weight is 695 g/mol. The van der Waals surface area contributed by atoms with Crippen LogP contribution in [0, 0.1) is 19.7 Å². The Morgan fingerprint density at radius 2 is 1.62 bits per heavy atom. The zero-order valence-electron chi connectivity index (χ0n) is 27.9. The third kappa shape index (κ3) is 5.54. The molecule has 13 heteroatoms. The lowest BCUT2D eigenvalue weighted by molar-refractivity contribution is 0.0964. The molecule has 11 nitrogen and oxygen atoms in total. The fourth-order valence-corrected chi connectivity index (χ4v) is 6.60. The molecule has 4 aromatic carbocycles. The van der Waals surface area contributed by atoms with E-state index >= 15 is 0 Å². The maximum Gasteiger partial charge on any atom is 0.255 e. The number of carbonyl (C=O) groups excluding carboxylic acids is 1. The molecule has 0 saturated carbocycles. The number of fused-ring (bicyclic) bond motifs is 2. The molecule has 3 aromatic heterocycles. The molecule has 0 fully saturated rings. The Hall–Kier alpha value is -5.95. The maximum atomic E-state index is 13.8. The second-order valence-corrected chi connectivity index (χ2v) is 13.8. The van der Waals surface area contributed by atoms with E-state index in [0.29, 0.717) is 55.9 Å². The van der Waals surface area contributed by atoms with Gasteiger partial charge in [-0.1, -0.05) is 17.3 Å². The predicted octanol–water partition coefficient (Wildman–Crippen LogP) is 7.75. The van der Waals surface area contributed by atoms with Gasteiger partial charge in [0.2, 0.25) is 15.9 Å². The topological polar surface area (TPSA) is 141 Å². The van der Waals surface area contributed by atoms with Crippen LogP contribution in [0.5, 0.6) is 5.75 Å². The number of nitrogens with zero attached hydrogens (tertiary/aromatic N) is 3. The highest BCUT2D eigenvalue weighted by molar-refractivity contribution is 7.92. The first-order valence-corrected chi connectivity index (χ1v) is 17.3. The number of rotatable bonds is 8. The van der Waals surface area contributed by atoms with Crippen molar-refractivity contribution in [2.45, 2.75) is 13.8 Å². The van der Waals surface area contributed by atoms with Gasteiger partial charge < -0.3 is 23.4 Å². The fraction of sp³-hybridized carbons (Fsp3) is 0.162. The minimum Gasteiger partial charge on any atom is -0.496 e. The molecule has 50 heavy (non-hydrogen) atoms. The molecular weight excluding hydrogens is 663 g/mol. The Morgan fingerprint density at radius 1 is 0.900 bits per heavy atom. The van der Waals surface area contributed by atoms with E-state index in [0.717, 1.165) is 27.4 Å². The number of carbonyl (C=O) groups is 1. The van der Waals surface area contributed by atoms with Crippen molar-refractivity contribution in [2.24, 2.45) is 0 Å². The number of benzene rings is 4. The summed E-state index contributed by atoms with van der Waals surface area (Å²) in [6.07, 6.45) is 1.09. The lowest BCUT2D eigenvalue weighted by Gasteiger charge is -2.21. The second-order valence-electron chi connectivity index (χ2n) is 11.8. The van der Waals surface area contributed by atoms with Crippen LogP contribution in [0.15, 0.2) is 86.2 Å². The van der Waals surface area contributed by atoms with Crippen molar-refractivity contribution >= 4 is 43.7 Å². The fourth-order valence-electron chi connectivity index (χ4n) is 6.09. The van der Waals surface area contributed by atoms with Gasteiger partial charge in [0.25, 0.3) is 5.91 Å². The monoisotopic (exact) mass is 694 g/mol. The first-order chi connectivity index (χ1) is 23.9. The van der Waals surface area contributed by atoms with E-state index in [-0.39, 0.29) is 22.8 Å². The molecular formula is C37H31FN4O7S. The number of amides is 1. The normalized spacial score (nSPS) is 11.7. The molecule has 0 radical (unpaired) electrons. The number of furan rings is 1. The van der Waals surface area contributed by atoms with Gasteiger partial charge in [-0.15, -0.1) is 0 Å². The third-order valence-corrected chi connectivity index (χ3v) is 9.85. The number of aromatic nitrogens is 2. The summed E-state index contributed by atoms with van der Waals surface area (Å²) in [6.45, 7) is 3.72. The number of hydrogen-bond donors (Lipinski definition) is 1. The number of halogens is 1. The highest BCUT2D eigenvalue weighted by Gasteiger charge is 2.27. The lowest BCUT2D eigenvalue weighted by atomic mass is 9.97. The molecule has 0 unspecified atom stereocenters. The first-order valence-electron chi connectivity index (χ1n) is 15.4. The number of nitrogens with one attached hydrogen (secondary N) is 1. The van der Waals surface area contributed by atoms with Gasteiger partial charge in [-0.3, -0.25) is 9.10 Å². The minimum absolute atomic E-state index is 0.210. The maximum absolute atomic E-state index is 13.8.